The minimum absolute atomic E-state index is 0.0134. The van der Waals surface area contributed by atoms with E-state index in [1.807, 2.05) is 54.1 Å². The Labute approximate surface area is 150 Å². The van der Waals surface area contributed by atoms with Gasteiger partial charge < -0.3 is 0 Å². The van der Waals surface area contributed by atoms with Crippen LogP contribution in [0.4, 0.5) is 0 Å². The fourth-order valence-electron chi connectivity index (χ4n) is 3.04. The summed E-state index contributed by atoms with van der Waals surface area (Å²) in [5, 5.41) is 1.45. The average Bonchev–Trinajstić information content (AvgIpc) is 3.02. The predicted octanol–water partition coefficient (Wildman–Crippen LogP) is 6.22. The first kappa shape index (κ1) is 16.5. The number of aromatic nitrogens is 1. The molecule has 0 bridgehead atoms. The molecule has 1 unspecified atom stereocenters. The van der Waals surface area contributed by atoms with Gasteiger partial charge in [0.2, 0.25) is 0 Å². The van der Waals surface area contributed by atoms with Gasteiger partial charge in [0.1, 0.15) is 0 Å². The molecular formula is C17H17Cl2NS2. The van der Waals surface area contributed by atoms with Gasteiger partial charge in [0, 0.05) is 39.9 Å². The summed E-state index contributed by atoms with van der Waals surface area (Å²) in [5.41, 5.74) is 2.46. The highest BCUT2D eigenvalue weighted by Gasteiger charge is 2.45. The van der Waals surface area contributed by atoms with Crippen molar-refractivity contribution in [2.45, 2.75) is 23.3 Å². The average molecular weight is 370 g/mol. The second kappa shape index (κ2) is 7.04. The van der Waals surface area contributed by atoms with E-state index >= 15 is 0 Å². The normalized spacial score (nSPS) is 18.3. The molecule has 3 rings (SSSR count). The van der Waals surface area contributed by atoms with Crippen molar-refractivity contribution < 1.29 is 0 Å². The maximum Gasteiger partial charge on any atom is 0.0944 e. The van der Waals surface area contributed by atoms with Gasteiger partial charge in [-0.25, -0.2) is 0 Å². The van der Waals surface area contributed by atoms with E-state index in [4.69, 9.17) is 23.2 Å². The van der Waals surface area contributed by atoms with Crippen LogP contribution in [0, 0.1) is 0 Å². The zero-order chi connectivity index (χ0) is 15.6. The van der Waals surface area contributed by atoms with E-state index in [0.717, 1.165) is 22.9 Å². The van der Waals surface area contributed by atoms with E-state index in [1.165, 1.54) is 11.1 Å². The van der Waals surface area contributed by atoms with Gasteiger partial charge >= 0.3 is 0 Å². The highest BCUT2D eigenvalue weighted by molar-refractivity contribution is 8.20. The van der Waals surface area contributed by atoms with E-state index in [0.29, 0.717) is 10.9 Å². The second-order valence-corrected chi connectivity index (χ2v) is 9.02. The zero-order valence-corrected chi connectivity index (χ0v) is 15.4. The van der Waals surface area contributed by atoms with Crippen LogP contribution in [0.1, 0.15) is 30.4 Å². The van der Waals surface area contributed by atoms with Gasteiger partial charge in [-0.3, -0.25) is 4.98 Å². The van der Waals surface area contributed by atoms with E-state index in [1.54, 1.807) is 0 Å². The molecule has 1 aromatic carbocycles. The fourth-order valence-corrected chi connectivity index (χ4v) is 7.25. The highest BCUT2D eigenvalue weighted by atomic mass is 35.5. The van der Waals surface area contributed by atoms with Crippen LogP contribution in [0.2, 0.25) is 10.0 Å². The number of thioether (sulfide) groups is 2. The Morgan fingerprint density at radius 2 is 2.00 bits per heavy atom. The molecule has 1 aliphatic heterocycles. The summed E-state index contributed by atoms with van der Waals surface area (Å²) < 4.78 is -0.0134. The molecule has 0 amide bonds. The van der Waals surface area contributed by atoms with Gasteiger partial charge in [0.05, 0.1) is 4.08 Å². The monoisotopic (exact) mass is 369 g/mol. The molecule has 1 aromatic heterocycles. The van der Waals surface area contributed by atoms with E-state index in [2.05, 4.69) is 24.0 Å². The maximum atomic E-state index is 6.51. The van der Waals surface area contributed by atoms with E-state index in [-0.39, 0.29) is 4.08 Å². The second-order valence-electron chi connectivity index (χ2n) is 5.23. The smallest absolute Gasteiger partial charge is 0.0944 e. The fraction of sp³-hybridized carbons (Fsp3) is 0.353. The van der Waals surface area contributed by atoms with Gasteiger partial charge in [-0.1, -0.05) is 42.3 Å². The van der Waals surface area contributed by atoms with Gasteiger partial charge in [-0.05, 0) is 35.7 Å². The van der Waals surface area contributed by atoms with E-state index < -0.39 is 0 Å². The summed E-state index contributed by atoms with van der Waals surface area (Å²) >= 11 is 16.6. The van der Waals surface area contributed by atoms with Crippen molar-refractivity contribution >= 4 is 46.7 Å². The molecule has 0 N–H and O–H groups in total. The molecule has 1 aliphatic rings. The molecule has 116 valence electrons. The molecule has 0 radical (unpaired) electrons. The number of benzene rings is 1. The van der Waals surface area contributed by atoms with Crippen LogP contribution in [0.25, 0.3) is 0 Å². The summed E-state index contributed by atoms with van der Waals surface area (Å²) in [6, 6.07) is 10.1. The quantitative estimate of drug-likeness (QED) is 0.635. The third kappa shape index (κ3) is 3.01. The van der Waals surface area contributed by atoms with Crippen molar-refractivity contribution in [2.75, 3.05) is 11.5 Å². The number of pyridine rings is 1. The van der Waals surface area contributed by atoms with Crippen molar-refractivity contribution in [1.29, 1.82) is 0 Å². The molecule has 0 spiro atoms. The minimum Gasteiger partial charge on any atom is -0.264 e. The lowest BCUT2D eigenvalue weighted by Crippen LogP contribution is -2.25. The topological polar surface area (TPSA) is 12.9 Å². The summed E-state index contributed by atoms with van der Waals surface area (Å²) in [4.78, 5) is 4.34. The highest BCUT2D eigenvalue weighted by Crippen LogP contribution is 2.61. The van der Waals surface area contributed by atoms with Gasteiger partial charge in [-0.15, -0.1) is 23.5 Å². The largest absolute Gasteiger partial charge is 0.264 e. The molecule has 5 heteroatoms. The van der Waals surface area contributed by atoms with Gasteiger partial charge in [0.15, 0.2) is 0 Å². The van der Waals surface area contributed by atoms with Crippen LogP contribution >= 0.6 is 46.7 Å². The summed E-state index contributed by atoms with van der Waals surface area (Å²) in [7, 11) is 0. The van der Waals surface area contributed by atoms with Crippen molar-refractivity contribution in [3.05, 3.63) is 63.9 Å². The molecule has 0 aliphatic carbocycles. The van der Waals surface area contributed by atoms with Crippen molar-refractivity contribution in [1.82, 2.24) is 4.98 Å². The summed E-state index contributed by atoms with van der Waals surface area (Å²) in [6.07, 6.45) is 4.85. The third-order valence-corrected chi connectivity index (χ3v) is 8.23. The van der Waals surface area contributed by atoms with Gasteiger partial charge in [-0.2, -0.15) is 0 Å². The Morgan fingerprint density at radius 3 is 2.59 bits per heavy atom. The lowest BCUT2D eigenvalue weighted by Gasteiger charge is -2.36. The zero-order valence-electron chi connectivity index (χ0n) is 12.3. The molecule has 0 saturated carbocycles. The summed E-state index contributed by atoms with van der Waals surface area (Å²) in [6.45, 7) is 2.23. The Hall–Kier alpha value is -0.350. The van der Waals surface area contributed by atoms with Crippen LogP contribution < -0.4 is 0 Å². The molecule has 1 fully saturated rings. The van der Waals surface area contributed by atoms with Crippen LogP contribution in [-0.2, 0) is 4.08 Å². The molecule has 22 heavy (non-hydrogen) atoms. The Kier molecular flexibility index (Phi) is 5.28. The first-order valence-corrected chi connectivity index (χ1v) is 10.0. The number of rotatable bonds is 4. The molecule has 1 saturated heterocycles. The minimum atomic E-state index is -0.0134. The number of nitrogens with zero attached hydrogens (tertiary/aromatic N) is 1. The lowest BCUT2D eigenvalue weighted by atomic mass is 9.89. The first-order valence-electron chi connectivity index (χ1n) is 7.30. The molecular weight excluding hydrogens is 353 g/mol. The Morgan fingerprint density at radius 1 is 1.23 bits per heavy atom. The standard InChI is InChI=1S/C17H17Cl2NS2/c1-2-15(14-6-5-13(18)10-16(14)19)17(21-8-9-22-17)12-4-3-7-20-11-12/h3-7,10-11,15H,2,8-9H2,1H3. The third-order valence-electron chi connectivity index (χ3n) is 3.99. The van der Waals surface area contributed by atoms with Crippen LogP contribution in [0.15, 0.2) is 42.7 Å². The lowest BCUT2D eigenvalue weighted by molar-refractivity contribution is 0.613. The van der Waals surface area contributed by atoms with Crippen LogP contribution in [0.3, 0.4) is 0 Å². The predicted molar refractivity (Wildman–Crippen MR) is 100 cm³/mol. The van der Waals surface area contributed by atoms with Crippen LogP contribution in [-0.4, -0.2) is 16.5 Å². The van der Waals surface area contributed by atoms with Crippen molar-refractivity contribution in [2.24, 2.45) is 0 Å². The molecule has 1 atom stereocenters. The first-order chi connectivity index (χ1) is 10.7. The molecule has 1 nitrogen and oxygen atoms in total. The van der Waals surface area contributed by atoms with Gasteiger partial charge in [0.25, 0.3) is 0 Å². The van der Waals surface area contributed by atoms with Crippen molar-refractivity contribution in [3.8, 4) is 0 Å². The maximum absolute atomic E-state index is 6.51. The number of hydrogen-bond acceptors (Lipinski definition) is 3. The number of hydrogen-bond donors (Lipinski definition) is 0. The van der Waals surface area contributed by atoms with Crippen molar-refractivity contribution in [3.63, 3.8) is 0 Å². The van der Waals surface area contributed by atoms with E-state index in [9.17, 15) is 0 Å². The molecule has 2 aromatic rings. The molecule has 2 heterocycles. The Bertz CT molecular complexity index is 642. The number of halogens is 2. The summed E-state index contributed by atoms with van der Waals surface area (Å²) in [5.74, 6) is 2.64. The SMILES string of the molecule is CCC(c1ccc(Cl)cc1Cl)C1(c2cccnc2)SCCS1. The van der Waals surface area contributed by atoms with Crippen LogP contribution in [0.5, 0.6) is 0 Å². The Balaban J connectivity index is 2.10.